The van der Waals surface area contributed by atoms with Crippen molar-refractivity contribution in [3.8, 4) is 0 Å². The largest absolute Gasteiger partial charge is 0.385 e. The Kier molecular flexibility index (Phi) is 4.24. The average Bonchev–Trinajstić information content (AvgIpc) is 2.18. The normalized spacial score (nSPS) is 14.9. The first-order valence-corrected chi connectivity index (χ1v) is 5.41. The zero-order valence-electron chi connectivity index (χ0n) is 9.75. The monoisotopic (exact) mass is 208 g/mol. The van der Waals surface area contributed by atoms with E-state index in [2.05, 4.69) is 17.2 Å². The summed E-state index contributed by atoms with van der Waals surface area (Å²) in [5, 5.41) is 13.5. The molecule has 15 heavy (non-hydrogen) atoms. The van der Waals surface area contributed by atoms with Gasteiger partial charge < -0.3 is 10.4 Å². The Morgan fingerprint density at radius 1 is 1.47 bits per heavy atom. The van der Waals surface area contributed by atoms with Gasteiger partial charge in [0.25, 0.3) is 0 Å². The second kappa shape index (κ2) is 5.24. The predicted octanol–water partition coefficient (Wildman–Crippen LogP) is 1.60. The van der Waals surface area contributed by atoms with Crippen LogP contribution in [0.2, 0.25) is 0 Å². The molecule has 0 aliphatic rings. The van der Waals surface area contributed by atoms with Crippen molar-refractivity contribution in [2.24, 2.45) is 0 Å². The van der Waals surface area contributed by atoms with Crippen LogP contribution in [0.25, 0.3) is 0 Å². The van der Waals surface area contributed by atoms with Gasteiger partial charge in [0, 0.05) is 18.0 Å². The maximum Gasteiger partial charge on any atom is 0.0895 e. The molecule has 1 rings (SSSR count). The van der Waals surface area contributed by atoms with Gasteiger partial charge in [-0.25, -0.2) is 0 Å². The number of aromatic nitrogens is 1. The maximum absolute atomic E-state index is 10.3. The van der Waals surface area contributed by atoms with E-state index < -0.39 is 5.60 Å². The van der Waals surface area contributed by atoms with Crippen molar-refractivity contribution in [1.29, 1.82) is 0 Å². The van der Waals surface area contributed by atoms with Crippen LogP contribution in [0.4, 0.5) is 0 Å². The highest BCUT2D eigenvalue weighted by Gasteiger charge is 2.22. The van der Waals surface area contributed by atoms with E-state index in [0.29, 0.717) is 6.42 Å². The van der Waals surface area contributed by atoms with Gasteiger partial charge in [0.05, 0.1) is 5.60 Å². The number of aryl methyl sites for hydroxylation is 1. The molecular formula is C12H20N2O. The summed E-state index contributed by atoms with van der Waals surface area (Å²) in [5.41, 5.74) is 1.18. The zero-order chi connectivity index (χ0) is 11.3. The Hall–Kier alpha value is -0.930. The minimum absolute atomic E-state index is 0.700. The highest BCUT2D eigenvalue weighted by molar-refractivity contribution is 5.22. The molecule has 2 N–H and O–H groups in total. The summed E-state index contributed by atoms with van der Waals surface area (Å²) < 4.78 is 0. The van der Waals surface area contributed by atoms with Gasteiger partial charge >= 0.3 is 0 Å². The molecule has 0 spiro atoms. The number of pyridine rings is 1. The Morgan fingerprint density at radius 3 is 2.80 bits per heavy atom. The molecule has 0 saturated heterocycles. The fourth-order valence-corrected chi connectivity index (χ4v) is 1.50. The van der Waals surface area contributed by atoms with E-state index in [9.17, 15) is 5.11 Å². The molecule has 0 radical (unpaired) electrons. The molecule has 1 unspecified atom stereocenters. The molecule has 0 amide bonds. The van der Waals surface area contributed by atoms with Gasteiger partial charge in [-0.15, -0.1) is 0 Å². The van der Waals surface area contributed by atoms with Gasteiger partial charge in [0.15, 0.2) is 0 Å². The highest BCUT2D eigenvalue weighted by atomic mass is 16.3. The van der Waals surface area contributed by atoms with E-state index in [-0.39, 0.29) is 0 Å². The maximum atomic E-state index is 10.3. The molecule has 0 aliphatic carbocycles. The van der Waals surface area contributed by atoms with E-state index in [1.807, 2.05) is 19.9 Å². The fraction of sp³-hybridized carbons (Fsp3) is 0.583. The van der Waals surface area contributed by atoms with E-state index >= 15 is 0 Å². The summed E-state index contributed by atoms with van der Waals surface area (Å²) >= 11 is 0. The molecule has 0 fully saturated rings. The van der Waals surface area contributed by atoms with E-state index in [1.165, 1.54) is 0 Å². The van der Waals surface area contributed by atoms with Crippen LogP contribution in [0.1, 0.15) is 31.4 Å². The lowest BCUT2D eigenvalue weighted by Crippen LogP contribution is -2.28. The summed E-state index contributed by atoms with van der Waals surface area (Å²) in [4.78, 5) is 4.10. The molecule has 84 valence electrons. The Balaban J connectivity index is 2.67. The molecular weight excluding hydrogens is 188 g/mol. The molecule has 1 heterocycles. The summed E-state index contributed by atoms with van der Waals surface area (Å²) in [7, 11) is 0. The topological polar surface area (TPSA) is 45.1 Å². The molecule has 0 aliphatic heterocycles. The van der Waals surface area contributed by atoms with E-state index in [4.69, 9.17) is 0 Å². The zero-order valence-corrected chi connectivity index (χ0v) is 9.75. The van der Waals surface area contributed by atoms with Crippen molar-refractivity contribution in [3.63, 3.8) is 0 Å². The minimum Gasteiger partial charge on any atom is -0.385 e. The molecule has 3 nitrogen and oxygen atoms in total. The Bertz CT molecular complexity index is 310. The van der Waals surface area contributed by atoms with E-state index in [0.717, 1.165) is 24.2 Å². The highest BCUT2D eigenvalue weighted by Crippen LogP contribution is 2.23. The van der Waals surface area contributed by atoms with Crippen molar-refractivity contribution in [2.75, 3.05) is 13.1 Å². The van der Waals surface area contributed by atoms with Crippen molar-refractivity contribution in [2.45, 2.75) is 32.8 Å². The van der Waals surface area contributed by atoms with Crippen LogP contribution in [-0.2, 0) is 5.60 Å². The Morgan fingerprint density at radius 2 is 2.20 bits per heavy atom. The van der Waals surface area contributed by atoms with Gasteiger partial charge in [0.1, 0.15) is 0 Å². The standard InChI is InChI=1S/C12H20N2O/c1-4-13-6-5-12(3,15)11-7-10(2)8-14-9-11/h7-9,13,15H,4-6H2,1-3H3. The first-order valence-electron chi connectivity index (χ1n) is 5.41. The van der Waals surface area contributed by atoms with Gasteiger partial charge in [-0.2, -0.15) is 0 Å². The first-order chi connectivity index (χ1) is 7.06. The van der Waals surface area contributed by atoms with Crippen molar-refractivity contribution < 1.29 is 5.11 Å². The van der Waals surface area contributed by atoms with Crippen molar-refractivity contribution in [3.05, 3.63) is 29.6 Å². The second-order valence-corrected chi connectivity index (χ2v) is 4.13. The number of aliphatic hydroxyl groups is 1. The molecule has 1 atom stereocenters. The predicted molar refractivity (Wildman–Crippen MR) is 61.7 cm³/mol. The van der Waals surface area contributed by atoms with Crippen LogP contribution < -0.4 is 5.32 Å². The second-order valence-electron chi connectivity index (χ2n) is 4.13. The number of hydrogen-bond acceptors (Lipinski definition) is 3. The first kappa shape index (κ1) is 12.1. The summed E-state index contributed by atoms with van der Waals surface area (Å²) in [6.07, 6.45) is 4.23. The average molecular weight is 208 g/mol. The lowest BCUT2D eigenvalue weighted by molar-refractivity contribution is 0.0477. The van der Waals surface area contributed by atoms with Gasteiger partial charge in [0.2, 0.25) is 0 Å². The smallest absolute Gasteiger partial charge is 0.0895 e. The molecule has 0 bridgehead atoms. The van der Waals surface area contributed by atoms with Crippen LogP contribution in [0, 0.1) is 6.92 Å². The van der Waals surface area contributed by atoms with Gasteiger partial charge in [-0.3, -0.25) is 4.98 Å². The number of rotatable bonds is 5. The lowest BCUT2D eigenvalue weighted by Gasteiger charge is -2.23. The van der Waals surface area contributed by atoms with Crippen LogP contribution in [0.15, 0.2) is 18.5 Å². The molecule has 1 aromatic rings. The third-order valence-electron chi connectivity index (χ3n) is 2.54. The minimum atomic E-state index is -0.790. The number of nitrogens with zero attached hydrogens (tertiary/aromatic N) is 1. The Labute approximate surface area is 91.5 Å². The van der Waals surface area contributed by atoms with Crippen LogP contribution in [0.5, 0.6) is 0 Å². The molecule has 1 aromatic heterocycles. The van der Waals surface area contributed by atoms with Crippen LogP contribution in [-0.4, -0.2) is 23.2 Å². The van der Waals surface area contributed by atoms with Crippen molar-refractivity contribution in [1.82, 2.24) is 10.3 Å². The fourth-order valence-electron chi connectivity index (χ4n) is 1.50. The summed E-state index contributed by atoms with van der Waals surface area (Å²) in [6, 6.07) is 1.99. The van der Waals surface area contributed by atoms with Crippen molar-refractivity contribution >= 4 is 0 Å². The third kappa shape index (κ3) is 3.61. The molecule has 3 heteroatoms. The molecule has 0 saturated carbocycles. The summed E-state index contributed by atoms with van der Waals surface area (Å²) in [5.74, 6) is 0. The van der Waals surface area contributed by atoms with Gasteiger partial charge in [-0.05, 0) is 38.9 Å². The van der Waals surface area contributed by atoms with Crippen LogP contribution in [0.3, 0.4) is 0 Å². The number of nitrogens with one attached hydrogen (secondary N) is 1. The SMILES string of the molecule is CCNCCC(C)(O)c1cncc(C)c1. The number of hydrogen-bond donors (Lipinski definition) is 2. The quantitative estimate of drug-likeness (QED) is 0.722. The third-order valence-corrected chi connectivity index (χ3v) is 2.54. The summed E-state index contributed by atoms with van der Waals surface area (Å²) in [6.45, 7) is 7.63. The lowest BCUT2D eigenvalue weighted by atomic mass is 9.93. The van der Waals surface area contributed by atoms with Crippen LogP contribution >= 0.6 is 0 Å². The van der Waals surface area contributed by atoms with E-state index in [1.54, 1.807) is 12.4 Å². The van der Waals surface area contributed by atoms with Gasteiger partial charge in [-0.1, -0.05) is 13.0 Å². The molecule has 0 aromatic carbocycles.